The van der Waals surface area contributed by atoms with Gasteiger partial charge in [-0.2, -0.15) is 4.72 Å². The Kier molecular flexibility index (Phi) is 6.74. The molecule has 8 nitrogen and oxygen atoms in total. The Balaban J connectivity index is 0.00000280. The number of aromatic nitrogens is 1. The van der Waals surface area contributed by atoms with Gasteiger partial charge < -0.3 is 15.6 Å². The molecular weight excluding hydrogens is 404 g/mol. The topological polar surface area (TPSA) is 127 Å². The van der Waals surface area contributed by atoms with Crippen LogP contribution in [-0.2, 0) is 21.2 Å². The van der Waals surface area contributed by atoms with E-state index in [1.54, 1.807) is 6.92 Å². The van der Waals surface area contributed by atoms with Gasteiger partial charge in [0.05, 0.1) is 12.1 Å². The molecule has 2 unspecified atom stereocenters. The van der Waals surface area contributed by atoms with Crippen LogP contribution in [0.2, 0.25) is 0 Å². The summed E-state index contributed by atoms with van der Waals surface area (Å²) in [4.78, 5) is 12.6. The van der Waals surface area contributed by atoms with Crippen molar-refractivity contribution < 1.29 is 17.7 Å². The van der Waals surface area contributed by atoms with Crippen molar-refractivity contribution >= 4 is 34.0 Å². The van der Waals surface area contributed by atoms with Crippen molar-refractivity contribution in [1.29, 1.82) is 0 Å². The van der Waals surface area contributed by atoms with Gasteiger partial charge in [-0.15, -0.1) is 12.4 Å². The molecule has 10 heteroatoms. The fourth-order valence-electron chi connectivity index (χ4n) is 3.48. The summed E-state index contributed by atoms with van der Waals surface area (Å²) in [6.45, 7) is 4.57. The molecule has 28 heavy (non-hydrogen) atoms. The minimum absolute atomic E-state index is 0. The van der Waals surface area contributed by atoms with Crippen molar-refractivity contribution in [2.24, 2.45) is 0 Å². The number of nitrogens with zero attached hydrogens (tertiary/aromatic N) is 1. The molecule has 2 atom stereocenters. The van der Waals surface area contributed by atoms with Crippen molar-refractivity contribution in [1.82, 2.24) is 15.2 Å². The Hall–Kier alpha value is -2.10. The molecule has 0 fully saturated rings. The summed E-state index contributed by atoms with van der Waals surface area (Å²) < 4.78 is 32.5. The molecular formula is C18H25ClN4O4S. The summed E-state index contributed by atoms with van der Waals surface area (Å²) in [5.74, 6) is -0.202. The standard InChI is InChI=1S/C18H24N4O4S.ClH/c1-10-17(12(3)26-21-10)27(24,25)22-11(2)18(23)20-16-6-4-5-13-9-14(19)7-8-15(13)16;/h7-9,11,16,22H,4-6,19H2,1-3H3,(H,20,23);1H. The van der Waals surface area contributed by atoms with E-state index in [9.17, 15) is 13.2 Å². The zero-order valence-electron chi connectivity index (χ0n) is 16.0. The van der Waals surface area contributed by atoms with Crippen LogP contribution in [0.15, 0.2) is 27.6 Å². The molecule has 3 rings (SSSR count). The second-order valence-corrected chi connectivity index (χ2v) is 8.56. The number of fused-ring (bicyclic) bond motifs is 1. The number of hydrogen-bond acceptors (Lipinski definition) is 6. The summed E-state index contributed by atoms with van der Waals surface area (Å²) in [5, 5.41) is 6.60. The first-order chi connectivity index (χ1) is 12.7. The predicted octanol–water partition coefficient (Wildman–Crippen LogP) is 2.16. The number of aryl methyl sites for hydroxylation is 3. The van der Waals surface area contributed by atoms with Crippen LogP contribution in [0.3, 0.4) is 0 Å². The Labute approximate surface area is 170 Å². The van der Waals surface area contributed by atoms with Crippen molar-refractivity contribution in [3.8, 4) is 0 Å². The average Bonchev–Trinajstić information content (AvgIpc) is 2.93. The molecule has 4 N–H and O–H groups in total. The first-order valence-corrected chi connectivity index (χ1v) is 10.3. The lowest BCUT2D eigenvalue weighted by Crippen LogP contribution is -2.46. The minimum atomic E-state index is -3.91. The van der Waals surface area contributed by atoms with Crippen LogP contribution >= 0.6 is 12.4 Å². The number of benzene rings is 1. The third-order valence-electron chi connectivity index (χ3n) is 4.76. The van der Waals surface area contributed by atoms with Gasteiger partial charge in [-0.1, -0.05) is 11.2 Å². The van der Waals surface area contributed by atoms with E-state index in [1.165, 1.54) is 13.8 Å². The van der Waals surface area contributed by atoms with Crippen LogP contribution in [0.4, 0.5) is 5.69 Å². The Bertz CT molecular complexity index is 954. The van der Waals surface area contributed by atoms with E-state index in [1.807, 2.05) is 18.2 Å². The molecule has 1 aliphatic carbocycles. The van der Waals surface area contributed by atoms with Gasteiger partial charge in [0.25, 0.3) is 0 Å². The molecule has 0 spiro atoms. The van der Waals surface area contributed by atoms with Crippen LogP contribution in [0.5, 0.6) is 0 Å². The quantitative estimate of drug-likeness (QED) is 0.626. The maximum absolute atomic E-state index is 12.6. The molecule has 0 radical (unpaired) electrons. The van der Waals surface area contributed by atoms with Gasteiger partial charge in [-0.25, -0.2) is 8.42 Å². The van der Waals surface area contributed by atoms with Crippen molar-refractivity contribution in [2.75, 3.05) is 5.73 Å². The Morgan fingerprint density at radius 1 is 1.36 bits per heavy atom. The highest BCUT2D eigenvalue weighted by molar-refractivity contribution is 7.89. The number of nitrogens with two attached hydrogens (primary N) is 1. The smallest absolute Gasteiger partial charge is 0.246 e. The lowest BCUT2D eigenvalue weighted by atomic mass is 9.87. The SMILES string of the molecule is Cc1noc(C)c1S(=O)(=O)NC(C)C(=O)NC1CCCc2cc(N)ccc21.Cl. The fourth-order valence-corrected chi connectivity index (χ4v) is 5.02. The molecule has 1 heterocycles. The number of nitrogen functional groups attached to an aromatic ring is 1. The molecule has 0 bridgehead atoms. The highest BCUT2D eigenvalue weighted by atomic mass is 35.5. The van der Waals surface area contributed by atoms with Gasteiger partial charge in [0.15, 0.2) is 5.76 Å². The van der Waals surface area contributed by atoms with Crippen molar-refractivity contribution in [3.05, 3.63) is 40.8 Å². The molecule has 1 amide bonds. The van der Waals surface area contributed by atoms with E-state index in [4.69, 9.17) is 10.3 Å². The summed E-state index contributed by atoms with van der Waals surface area (Å²) >= 11 is 0. The monoisotopic (exact) mass is 428 g/mol. The largest absolute Gasteiger partial charge is 0.399 e. The van der Waals surface area contributed by atoms with Crippen LogP contribution in [0.25, 0.3) is 0 Å². The summed E-state index contributed by atoms with van der Waals surface area (Å²) in [6, 6.07) is 4.56. The highest BCUT2D eigenvalue weighted by Crippen LogP contribution is 2.31. The van der Waals surface area contributed by atoms with Crippen LogP contribution in [0, 0.1) is 13.8 Å². The summed E-state index contributed by atoms with van der Waals surface area (Å²) in [5.41, 5.74) is 8.94. The number of carbonyl (C=O) groups excluding carboxylic acids is 1. The average molecular weight is 429 g/mol. The number of nitrogens with one attached hydrogen (secondary N) is 2. The van der Waals surface area contributed by atoms with E-state index in [0.717, 1.165) is 30.4 Å². The highest BCUT2D eigenvalue weighted by Gasteiger charge is 2.30. The normalized spacial score (nSPS) is 17.3. The fraction of sp³-hybridized carbons (Fsp3) is 0.444. The third kappa shape index (κ3) is 4.48. The molecule has 0 saturated heterocycles. The maximum Gasteiger partial charge on any atom is 0.246 e. The predicted molar refractivity (Wildman–Crippen MR) is 108 cm³/mol. The first-order valence-electron chi connectivity index (χ1n) is 8.83. The van der Waals surface area contributed by atoms with Gasteiger partial charge >= 0.3 is 0 Å². The van der Waals surface area contributed by atoms with Gasteiger partial charge in [-0.3, -0.25) is 4.79 Å². The number of rotatable bonds is 5. The van der Waals surface area contributed by atoms with E-state index < -0.39 is 16.1 Å². The van der Waals surface area contributed by atoms with E-state index in [-0.39, 0.29) is 40.7 Å². The van der Waals surface area contributed by atoms with Gasteiger partial charge in [0, 0.05) is 5.69 Å². The van der Waals surface area contributed by atoms with E-state index in [2.05, 4.69) is 15.2 Å². The van der Waals surface area contributed by atoms with Crippen molar-refractivity contribution in [2.45, 2.75) is 57.0 Å². The number of anilines is 1. The lowest BCUT2D eigenvalue weighted by molar-refractivity contribution is -0.123. The van der Waals surface area contributed by atoms with E-state index in [0.29, 0.717) is 5.69 Å². The zero-order valence-corrected chi connectivity index (χ0v) is 17.6. The zero-order chi connectivity index (χ0) is 19.8. The number of halogens is 1. The second-order valence-electron chi connectivity index (χ2n) is 6.91. The minimum Gasteiger partial charge on any atom is -0.399 e. The number of hydrogen-bond donors (Lipinski definition) is 3. The molecule has 2 aromatic rings. The van der Waals surface area contributed by atoms with Gasteiger partial charge in [0.1, 0.15) is 10.6 Å². The van der Waals surface area contributed by atoms with Crippen LogP contribution in [0.1, 0.15) is 48.4 Å². The molecule has 0 aliphatic heterocycles. The first kappa shape index (κ1) is 22.2. The van der Waals surface area contributed by atoms with Crippen LogP contribution < -0.4 is 15.8 Å². The molecule has 154 valence electrons. The van der Waals surface area contributed by atoms with E-state index >= 15 is 0 Å². The number of amides is 1. The van der Waals surface area contributed by atoms with Gasteiger partial charge in [-0.05, 0) is 63.3 Å². The molecule has 1 aromatic carbocycles. The van der Waals surface area contributed by atoms with Crippen molar-refractivity contribution in [3.63, 3.8) is 0 Å². The second kappa shape index (κ2) is 8.50. The van der Waals surface area contributed by atoms with Crippen LogP contribution in [-0.4, -0.2) is 25.5 Å². The summed E-state index contributed by atoms with van der Waals surface area (Å²) in [7, 11) is -3.91. The molecule has 1 aromatic heterocycles. The van der Waals surface area contributed by atoms with Gasteiger partial charge in [0.2, 0.25) is 15.9 Å². The summed E-state index contributed by atoms with van der Waals surface area (Å²) in [6.07, 6.45) is 2.65. The molecule has 1 aliphatic rings. The Morgan fingerprint density at radius 2 is 2.07 bits per heavy atom. The molecule has 0 saturated carbocycles. The third-order valence-corrected chi connectivity index (χ3v) is 6.54. The maximum atomic E-state index is 12.6. The number of sulfonamides is 1. The lowest BCUT2D eigenvalue weighted by Gasteiger charge is -2.28. The number of carbonyl (C=O) groups is 1. The Morgan fingerprint density at radius 3 is 2.71 bits per heavy atom.